The molecule has 178 valence electrons. The van der Waals surface area contributed by atoms with E-state index in [0.29, 0.717) is 42.9 Å². The van der Waals surface area contributed by atoms with Gasteiger partial charge in [-0.05, 0) is 38.0 Å². The van der Waals surface area contributed by atoms with Crippen LogP contribution in [-0.2, 0) is 22.6 Å². The summed E-state index contributed by atoms with van der Waals surface area (Å²) in [7, 11) is 1.61. The summed E-state index contributed by atoms with van der Waals surface area (Å²) in [6.07, 6.45) is 1.73. The van der Waals surface area contributed by atoms with Crippen molar-refractivity contribution in [3.8, 4) is 17.1 Å². The number of amides is 2. The van der Waals surface area contributed by atoms with Crippen LogP contribution >= 0.6 is 12.2 Å². The van der Waals surface area contributed by atoms with E-state index < -0.39 is 0 Å². The van der Waals surface area contributed by atoms with Crippen molar-refractivity contribution in [1.29, 1.82) is 0 Å². The number of aromatic amines is 1. The van der Waals surface area contributed by atoms with Crippen LogP contribution in [-0.4, -0.2) is 57.7 Å². The molecule has 9 heteroatoms. The average molecular weight is 480 g/mol. The summed E-state index contributed by atoms with van der Waals surface area (Å²) in [4.78, 5) is 27.4. The van der Waals surface area contributed by atoms with Crippen LogP contribution in [0.15, 0.2) is 48.5 Å². The summed E-state index contributed by atoms with van der Waals surface area (Å²) in [5.74, 6) is 1.31. The van der Waals surface area contributed by atoms with Gasteiger partial charge in [-0.1, -0.05) is 48.0 Å². The van der Waals surface area contributed by atoms with Crippen LogP contribution < -0.4 is 10.1 Å². The molecule has 1 aliphatic heterocycles. The third-order valence-corrected chi connectivity index (χ3v) is 6.43. The lowest BCUT2D eigenvalue weighted by atomic mass is 10.0. The standard InChI is InChI=1S/C25H29N5O3S/c1-17-7-9-18(10-8-17)24-27-28-25(34)30(24)16-22(31)26-20-11-13-29(14-12-20)23(32)15-19-5-3-4-6-21(19)33-2/h3-10,20H,11-16H2,1-2H3,(H,26,31)(H,28,34). The Hall–Kier alpha value is -3.46. The topological polar surface area (TPSA) is 92.2 Å². The summed E-state index contributed by atoms with van der Waals surface area (Å²) in [6, 6.07) is 15.5. The number of hydrogen-bond acceptors (Lipinski definition) is 5. The van der Waals surface area contributed by atoms with E-state index in [1.54, 1.807) is 11.7 Å². The Morgan fingerprint density at radius 2 is 1.85 bits per heavy atom. The minimum Gasteiger partial charge on any atom is -0.496 e. The van der Waals surface area contributed by atoms with Crippen LogP contribution in [0.4, 0.5) is 0 Å². The number of likely N-dealkylation sites (tertiary alicyclic amines) is 1. The highest BCUT2D eigenvalue weighted by Gasteiger charge is 2.25. The normalized spacial score (nSPS) is 14.1. The fourth-order valence-electron chi connectivity index (χ4n) is 4.20. The number of ether oxygens (including phenoxy) is 1. The summed E-state index contributed by atoms with van der Waals surface area (Å²) >= 11 is 5.35. The van der Waals surface area contributed by atoms with Gasteiger partial charge in [-0.25, -0.2) is 0 Å². The molecule has 2 N–H and O–H groups in total. The molecular weight excluding hydrogens is 450 g/mol. The fraction of sp³-hybridized carbons (Fsp3) is 0.360. The third kappa shape index (κ3) is 5.53. The number of H-pyrrole nitrogens is 1. The van der Waals surface area contributed by atoms with Crippen molar-refractivity contribution < 1.29 is 14.3 Å². The Kier molecular flexibility index (Phi) is 7.42. The van der Waals surface area contributed by atoms with Crippen LogP contribution in [0, 0.1) is 11.7 Å². The van der Waals surface area contributed by atoms with Crippen LogP contribution in [0.25, 0.3) is 11.4 Å². The molecule has 8 nitrogen and oxygen atoms in total. The Bertz CT molecular complexity index is 1210. The molecule has 3 aromatic rings. The molecule has 0 aliphatic carbocycles. The van der Waals surface area contributed by atoms with Crippen molar-refractivity contribution in [2.75, 3.05) is 20.2 Å². The molecule has 0 radical (unpaired) electrons. The van der Waals surface area contributed by atoms with E-state index in [9.17, 15) is 9.59 Å². The number of para-hydroxylation sites is 1. The van der Waals surface area contributed by atoms with Crippen molar-refractivity contribution in [2.45, 2.75) is 38.8 Å². The van der Waals surface area contributed by atoms with Crippen molar-refractivity contribution >= 4 is 24.0 Å². The summed E-state index contributed by atoms with van der Waals surface area (Å²) in [5, 5.41) is 10.2. The number of carbonyl (C=O) groups excluding carboxylic acids is 2. The Morgan fingerprint density at radius 3 is 2.56 bits per heavy atom. The number of carbonyl (C=O) groups is 2. The van der Waals surface area contributed by atoms with E-state index in [1.807, 2.05) is 60.4 Å². The van der Waals surface area contributed by atoms with Gasteiger partial charge in [0.15, 0.2) is 10.6 Å². The molecule has 2 amide bonds. The highest BCUT2D eigenvalue weighted by molar-refractivity contribution is 7.71. The predicted octanol–water partition coefficient (Wildman–Crippen LogP) is 3.27. The monoisotopic (exact) mass is 479 g/mol. The van der Waals surface area contributed by atoms with Crippen LogP contribution in [0.2, 0.25) is 0 Å². The molecule has 4 rings (SSSR count). The molecule has 0 spiro atoms. The Labute approximate surface area is 203 Å². The van der Waals surface area contributed by atoms with E-state index in [4.69, 9.17) is 17.0 Å². The molecule has 2 aromatic carbocycles. The van der Waals surface area contributed by atoms with Gasteiger partial charge in [-0.3, -0.25) is 19.3 Å². The van der Waals surface area contributed by atoms with Crippen molar-refractivity contribution in [3.05, 3.63) is 64.4 Å². The quantitative estimate of drug-likeness (QED) is 0.508. The second kappa shape index (κ2) is 10.6. The van der Waals surface area contributed by atoms with E-state index in [2.05, 4.69) is 15.5 Å². The molecule has 2 heterocycles. The van der Waals surface area contributed by atoms with Gasteiger partial charge in [0.2, 0.25) is 11.8 Å². The maximum absolute atomic E-state index is 12.8. The zero-order valence-corrected chi connectivity index (χ0v) is 20.2. The van der Waals surface area contributed by atoms with Gasteiger partial charge < -0.3 is 15.0 Å². The molecule has 0 saturated carbocycles. The van der Waals surface area contributed by atoms with E-state index in [-0.39, 0.29) is 24.4 Å². The van der Waals surface area contributed by atoms with E-state index >= 15 is 0 Å². The first-order chi connectivity index (χ1) is 16.4. The second-order valence-electron chi connectivity index (χ2n) is 8.52. The molecule has 1 aliphatic rings. The molecule has 0 unspecified atom stereocenters. The number of methoxy groups -OCH3 is 1. The van der Waals surface area contributed by atoms with Gasteiger partial charge in [0.1, 0.15) is 12.3 Å². The number of benzene rings is 2. The molecule has 0 atom stereocenters. The molecule has 1 aromatic heterocycles. The first kappa shape index (κ1) is 23.7. The molecule has 0 bridgehead atoms. The number of hydrogen-bond donors (Lipinski definition) is 2. The number of nitrogens with zero attached hydrogens (tertiary/aromatic N) is 3. The highest BCUT2D eigenvalue weighted by Crippen LogP contribution is 2.20. The number of nitrogens with one attached hydrogen (secondary N) is 2. The first-order valence-electron chi connectivity index (χ1n) is 11.4. The Balaban J connectivity index is 1.31. The van der Waals surface area contributed by atoms with Gasteiger partial charge in [0.25, 0.3) is 0 Å². The molecule has 1 fully saturated rings. The zero-order valence-electron chi connectivity index (χ0n) is 19.4. The van der Waals surface area contributed by atoms with Crippen molar-refractivity contribution in [2.24, 2.45) is 0 Å². The van der Waals surface area contributed by atoms with Crippen molar-refractivity contribution in [1.82, 2.24) is 25.0 Å². The van der Waals surface area contributed by atoms with Crippen LogP contribution in [0.5, 0.6) is 5.75 Å². The Morgan fingerprint density at radius 1 is 1.15 bits per heavy atom. The van der Waals surface area contributed by atoms with E-state index in [1.165, 1.54) is 0 Å². The van der Waals surface area contributed by atoms with Gasteiger partial charge in [-0.15, -0.1) is 0 Å². The predicted molar refractivity (Wildman–Crippen MR) is 132 cm³/mol. The lowest BCUT2D eigenvalue weighted by Crippen LogP contribution is -2.47. The molecule has 34 heavy (non-hydrogen) atoms. The van der Waals surface area contributed by atoms with Crippen LogP contribution in [0.3, 0.4) is 0 Å². The number of aromatic nitrogens is 3. The minimum atomic E-state index is -0.121. The average Bonchev–Trinajstić information content (AvgIpc) is 3.20. The summed E-state index contributed by atoms with van der Waals surface area (Å²) < 4.78 is 7.47. The third-order valence-electron chi connectivity index (χ3n) is 6.12. The number of aryl methyl sites for hydroxylation is 1. The number of piperidine rings is 1. The minimum absolute atomic E-state index is 0.0201. The van der Waals surface area contributed by atoms with E-state index in [0.717, 1.165) is 22.4 Å². The lowest BCUT2D eigenvalue weighted by Gasteiger charge is -2.32. The smallest absolute Gasteiger partial charge is 0.240 e. The van der Waals surface area contributed by atoms with Crippen molar-refractivity contribution in [3.63, 3.8) is 0 Å². The van der Waals surface area contributed by atoms with Gasteiger partial charge >= 0.3 is 0 Å². The largest absolute Gasteiger partial charge is 0.496 e. The fourth-order valence-corrected chi connectivity index (χ4v) is 4.40. The maximum atomic E-state index is 12.8. The zero-order chi connectivity index (χ0) is 24.1. The van der Waals surface area contributed by atoms with Gasteiger partial charge in [0, 0.05) is 30.3 Å². The van der Waals surface area contributed by atoms with Crippen LogP contribution in [0.1, 0.15) is 24.0 Å². The number of rotatable bonds is 7. The van der Waals surface area contributed by atoms with Gasteiger partial charge in [-0.2, -0.15) is 5.10 Å². The maximum Gasteiger partial charge on any atom is 0.240 e. The van der Waals surface area contributed by atoms with Gasteiger partial charge in [0.05, 0.1) is 13.5 Å². The molecule has 1 saturated heterocycles. The first-order valence-corrected chi connectivity index (χ1v) is 11.8. The summed E-state index contributed by atoms with van der Waals surface area (Å²) in [6.45, 7) is 3.33. The summed E-state index contributed by atoms with van der Waals surface area (Å²) in [5.41, 5.74) is 2.93. The lowest BCUT2D eigenvalue weighted by molar-refractivity contribution is -0.131. The second-order valence-corrected chi connectivity index (χ2v) is 8.90. The SMILES string of the molecule is COc1ccccc1CC(=O)N1CCC(NC(=O)Cn2c(-c3ccc(C)cc3)n[nH]c2=S)CC1. The highest BCUT2D eigenvalue weighted by atomic mass is 32.1. The molecular formula is C25H29N5O3S.